The van der Waals surface area contributed by atoms with Gasteiger partial charge in [0.25, 0.3) is 0 Å². The second kappa shape index (κ2) is 5.61. The van der Waals surface area contributed by atoms with Gasteiger partial charge in [0.2, 0.25) is 17.7 Å². The largest absolute Gasteiger partial charge is 0.472 e. The van der Waals surface area contributed by atoms with E-state index in [4.69, 9.17) is 4.42 Å². The van der Waals surface area contributed by atoms with Crippen LogP contribution >= 0.6 is 0 Å². The number of likely N-dealkylation sites (N-methyl/N-ethyl adjacent to an activating group) is 1. The molecule has 3 aliphatic rings. The summed E-state index contributed by atoms with van der Waals surface area (Å²) >= 11 is 0. The fourth-order valence-corrected chi connectivity index (χ4v) is 4.33. The number of rotatable bonds is 5. The predicted molar refractivity (Wildman–Crippen MR) is 84.2 cm³/mol. The van der Waals surface area contributed by atoms with E-state index < -0.39 is 0 Å². The molecule has 2 aliphatic carbocycles. The maximum atomic E-state index is 12.6. The molecular weight excluding hydrogens is 308 g/mol. The van der Waals surface area contributed by atoms with E-state index >= 15 is 0 Å². The van der Waals surface area contributed by atoms with Crippen LogP contribution in [0.5, 0.6) is 0 Å². The molecule has 126 valence electrons. The predicted octanol–water partition coefficient (Wildman–Crippen LogP) is 1.44. The van der Waals surface area contributed by atoms with Gasteiger partial charge in [0, 0.05) is 18.7 Å². The molecule has 6 heteroatoms. The molecule has 0 N–H and O–H groups in total. The monoisotopic (exact) mass is 328 g/mol. The third-order valence-electron chi connectivity index (χ3n) is 5.54. The Bertz CT molecular complexity index is 679. The Kier molecular flexibility index (Phi) is 3.55. The topological polar surface area (TPSA) is 70.8 Å². The van der Waals surface area contributed by atoms with Crippen molar-refractivity contribution in [2.24, 2.45) is 23.7 Å². The van der Waals surface area contributed by atoms with Gasteiger partial charge in [0.1, 0.15) is 6.54 Å². The van der Waals surface area contributed by atoms with Gasteiger partial charge in [-0.1, -0.05) is 12.2 Å². The Morgan fingerprint density at radius 1 is 1.25 bits per heavy atom. The van der Waals surface area contributed by atoms with Gasteiger partial charge in [-0.2, -0.15) is 0 Å². The third kappa shape index (κ3) is 2.20. The van der Waals surface area contributed by atoms with Crippen LogP contribution in [0.1, 0.15) is 18.9 Å². The van der Waals surface area contributed by atoms with E-state index in [1.165, 1.54) is 4.90 Å². The highest BCUT2D eigenvalue weighted by atomic mass is 16.3. The molecule has 1 aliphatic heterocycles. The van der Waals surface area contributed by atoms with Gasteiger partial charge in [0.15, 0.2) is 0 Å². The average molecular weight is 328 g/mol. The zero-order chi connectivity index (χ0) is 16.8. The molecule has 3 amide bonds. The van der Waals surface area contributed by atoms with Crippen LogP contribution in [0.3, 0.4) is 0 Å². The number of imide groups is 1. The van der Waals surface area contributed by atoms with Crippen LogP contribution in [0.25, 0.3) is 0 Å². The van der Waals surface area contributed by atoms with Crippen molar-refractivity contribution < 1.29 is 18.8 Å². The molecule has 0 aromatic carbocycles. The highest BCUT2D eigenvalue weighted by Crippen LogP contribution is 2.52. The van der Waals surface area contributed by atoms with Crippen LogP contribution in [0.15, 0.2) is 35.2 Å². The molecule has 2 fully saturated rings. The minimum Gasteiger partial charge on any atom is -0.472 e. The Labute approximate surface area is 140 Å². The molecule has 24 heavy (non-hydrogen) atoms. The molecule has 4 atom stereocenters. The zero-order valence-corrected chi connectivity index (χ0v) is 13.6. The summed E-state index contributed by atoms with van der Waals surface area (Å²) in [7, 11) is 0. The highest BCUT2D eigenvalue weighted by Gasteiger charge is 2.59. The lowest BCUT2D eigenvalue weighted by molar-refractivity contribution is -0.147. The van der Waals surface area contributed by atoms with Gasteiger partial charge < -0.3 is 9.32 Å². The van der Waals surface area contributed by atoms with Gasteiger partial charge in [-0.15, -0.1) is 0 Å². The second-order valence-electron chi connectivity index (χ2n) is 6.80. The number of hydrogen-bond acceptors (Lipinski definition) is 4. The second-order valence-corrected chi connectivity index (χ2v) is 6.80. The molecule has 0 spiro atoms. The van der Waals surface area contributed by atoms with E-state index in [1.54, 1.807) is 23.5 Å². The lowest BCUT2D eigenvalue weighted by Gasteiger charge is -2.24. The van der Waals surface area contributed by atoms with E-state index in [0.717, 1.165) is 12.0 Å². The van der Waals surface area contributed by atoms with Gasteiger partial charge >= 0.3 is 0 Å². The zero-order valence-electron chi connectivity index (χ0n) is 13.6. The normalized spacial score (nSPS) is 30.3. The maximum Gasteiger partial charge on any atom is 0.243 e. The molecule has 1 saturated heterocycles. The molecule has 1 aromatic rings. The number of carbonyl (C=O) groups excluding carboxylic acids is 3. The summed E-state index contributed by atoms with van der Waals surface area (Å²) in [6, 6.07) is 1.80. The Hall–Kier alpha value is -2.37. The summed E-state index contributed by atoms with van der Waals surface area (Å²) in [5.74, 6) is -0.701. The summed E-state index contributed by atoms with van der Waals surface area (Å²) in [5.41, 5.74) is 0.892. The van der Waals surface area contributed by atoms with Crippen molar-refractivity contribution in [3.05, 3.63) is 36.3 Å². The summed E-state index contributed by atoms with van der Waals surface area (Å²) < 4.78 is 5.02. The van der Waals surface area contributed by atoms with E-state index in [0.29, 0.717) is 13.1 Å². The van der Waals surface area contributed by atoms with Crippen LogP contribution < -0.4 is 0 Å². The van der Waals surface area contributed by atoms with Crippen LogP contribution in [0.2, 0.25) is 0 Å². The number of fused-ring (bicyclic) bond motifs is 5. The van der Waals surface area contributed by atoms with Crippen molar-refractivity contribution in [1.29, 1.82) is 0 Å². The van der Waals surface area contributed by atoms with Crippen molar-refractivity contribution in [2.45, 2.75) is 19.9 Å². The highest BCUT2D eigenvalue weighted by molar-refractivity contribution is 6.08. The number of carbonyl (C=O) groups is 3. The third-order valence-corrected chi connectivity index (χ3v) is 5.54. The lowest BCUT2D eigenvalue weighted by Crippen LogP contribution is -2.43. The number of furan rings is 1. The number of nitrogens with zero attached hydrogens (tertiary/aromatic N) is 2. The van der Waals surface area contributed by atoms with Crippen molar-refractivity contribution in [3.8, 4) is 0 Å². The Morgan fingerprint density at radius 2 is 1.92 bits per heavy atom. The summed E-state index contributed by atoms with van der Waals surface area (Å²) in [4.78, 5) is 40.7. The van der Waals surface area contributed by atoms with Gasteiger partial charge in [-0.3, -0.25) is 19.3 Å². The van der Waals surface area contributed by atoms with E-state index in [2.05, 4.69) is 12.2 Å². The van der Waals surface area contributed by atoms with Crippen molar-refractivity contribution in [3.63, 3.8) is 0 Å². The molecular formula is C18H20N2O4. The van der Waals surface area contributed by atoms with Crippen molar-refractivity contribution >= 4 is 17.7 Å². The lowest BCUT2D eigenvalue weighted by atomic mass is 9.85. The van der Waals surface area contributed by atoms with E-state index in [-0.39, 0.29) is 47.9 Å². The molecule has 1 aromatic heterocycles. The number of hydrogen-bond donors (Lipinski definition) is 0. The number of amides is 3. The van der Waals surface area contributed by atoms with Crippen LogP contribution in [0.4, 0.5) is 0 Å². The molecule has 4 unspecified atom stereocenters. The first-order chi connectivity index (χ1) is 11.6. The molecule has 2 bridgehead atoms. The van der Waals surface area contributed by atoms with Gasteiger partial charge in [-0.05, 0) is 31.2 Å². The molecule has 6 nitrogen and oxygen atoms in total. The fourth-order valence-electron chi connectivity index (χ4n) is 4.33. The summed E-state index contributed by atoms with van der Waals surface area (Å²) in [5, 5.41) is 0. The standard InChI is InChI=1S/C18H20N2O4/c1-2-19(8-11-5-6-24-10-11)14(21)9-20-17(22)15-12-3-4-13(7-12)16(15)18(20)23/h3-6,10,12-13,15-16H,2,7-9H2,1H3. The first-order valence-corrected chi connectivity index (χ1v) is 8.42. The fraction of sp³-hybridized carbons (Fsp3) is 0.500. The first-order valence-electron chi connectivity index (χ1n) is 8.42. The van der Waals surface area contributed by atoms with Crippen LogP contribution in [0, 0.1) is 23.7 Å². The van der Waals surface area contributed by atoms with E-state index in [9.17, 15) is 14.4 Å². The SMILES string of the molecule is CCN(Cc1ccoc1)C(=O)CN1C(=O)C2C3C=CC(C3)C2C1=O. The van der Waals surface area contributed by atoms with Crippen LogP contribution in [-0.4, -0.2) is 40.6 Å². The summed E-state index contributed by atoms with van der Waals surface area (Å²) in [6.07, 6.45) is 8.16. The smallest absolute Gasteiger partial charge is 0.243 e. The first kappa shape index (κ1) is 15.2. The molecule has 4 rings (SSSR count). The van der Waals surface area contributed by atoms with E-state index in [1.807, 2.05) is 6.92 Å². The van der Waals surface area contributed by atoms with Crippen LogP contribution in [-0.2, 0) is 20.9 Å². The minimum atomic E-state index is -0.246. The van der Waals surface area contributed by atoms with Crippen molar-refractivity contribution in [2.75, 3.05) is 13.1 Å². The Morgan fingerprint density at radius 3 is 2.46 bits per heavy atom. The van der Waals surface area contributed by atoms with Gasteiger partial charge in [-0.25, -0.2) is 0 Å². The molecule has 0 radical (unpaired) electrons. The number of likely N-dealkylation sites (tertiary alicyclic amines) is 1. The van der Waals surface area contributed by atoms with Crippen molar-refractivity contribution in [1.82, 2.24) is 9.80 Å². The summed E-state index contributed by atoms with van der Waals surface area (Å²) in [6.45, 7) is 2.65. The Balaban J connectivity index is 1.46. The number of allylic oxidation sites excluding steroid dienone is 2. The quantitative estimate of drug-likeness (QED) is 0.606. The maximum absolute atomic E-state index is 12.6. The molecule has 1 saturated carbocycles. The minimum absolute atomic E-state index is 0.157. The van der Waals surface area contributed by atoms with Gasteiger partial charge in [0.05, 0.1) is 24.4 Å². The molecule has 2 heterocycles. The average Bonchev–Trinajstić information content (AvgIpc) is 3.34.